The minimum atomic E-state index is -0.511. The molecule has 0 unspecified atom stereocenters. The molecular weight excluding hydrogens is 322 g/mol. The van der Waals surface area contributed by atoms with E-state index in [1.54, 1.807) is 0 Å². The summed E-state index contributed by atoms with van der Waals surface area (Å²) in [5.41, 5.74) is -0.511. The van der Waals surface area contributed by atoms with Crippen molar-refractivity contribution in [2.45, 2.75) is 64.5 Å². The second kappa shape index (κ2) is 6.16. The first-order chi connectivity index (χ1) is 9.35. The molecule has 0 saturated heterocycles. The SMILES string of the molecule is CC(C)(C)OC(=O)Nc1nn(C2CCCCC2)cc1Br. The summed E-state index contributed by atoms with van der Waals surface area (Å²) in [5, 5.41) is 7.15. The Morgan fingerprint density at radius 2 is 2.05 bits per heavy atom. The van der Waals surface area contributed by atoms with Crippen molar-refractivity contribution in [3.63, 3.8) is 0 Å². The van der Waals surface area contributed by atoms with Crippen molar-refractivity contribution in [2.24, 2.45) is 0 Å². The van der Waals surface area contributed by atoms with E-state index in [-0.39, 0.29) is 0 Å². The van der Waals surface area contributed by atoms with Gasteiger partial charge in [-0.2, -0.15) is 5.10 Å². The van der Waals surface area contributed by atoms with Gasteiger partial charge in [0.25, 0.3) is 0 Å². The van der Waals surface area contributed by atoms with E-state index >= 15 is 0 Å². The van der Waals surface area contributed by atoms with Gasteiger partial charge in [0, 0.05) is 6.20 Å². The lowest BCUT2D eigenvalue weighted by Crippen LogP contribution is -2.27. The van der Waals surface area contributed by atoms with Crippen molar-refractivity contribution in [1.82, 2.24) is 9.78 Å². The number of carbonyl (C=O) groups is 1. The summed E-state index contributed by atoms with van der Waals surface area (Å²) in [5.74, 6) is 0.518. The largest absolute Gasteiger partial charge is 0.444 e. The van der Waals surface area contributed by atoms with Gasteiger partial charge in [-0.1, -0.05) is 19.3 Å². The summed E-state index contributed by atoms with van der Waals surface area (Å²) in [7, 11) is 0. The smallest absolute Gasteiger partial charge is 0.413 e. The topological polar surface area (TPSA) is 56.1 Å². The maximum atomic E-state index is 11.8. The van der Waals surface area contributed by atoms with E-state index in [4.69, 9.17) is 4.74 Å². The highest BCUT2D eigenvalue weighted by molar-refractivity contribution is 9.10. The van der Waals surface area contributed by atoms with E-state index in [0.717, 1.165) is 17.3 Å². The van der Waals surface area contributed by atoms with Crippen LogP contribution in [-0.4, -0.2) is 21.5 Å². The predicted molar refractivity (Wildman–Crippen MR) is 81.9 cm³/mol. The van der Waals surface area contributed by atoms with Crippen LogP contribution in [0.1, 0.15) is 58.9 Å². The van der Waals surface area contributed by atoms with Gasteiger partial charge in [-0.05, 0) is 49.5 Å². The Labute approximate surface area is 128 Å². The van der Waals surface area contributed by atoms with Crippen LogP contribution in [0.25, 0.3) is 0 Å². The number of hydrogen-bond acceptors (Lipinski definition) is 3. The van der Waals surface area contributed by atoms with Crippen LogP contribution in [0.4, 0.5) is 10.6 Å². The minimum Gasteiger partial charge on any atom is -0.444 e. The number of amides is 1. The summed E-state index contributed by atoms with van der Waals surface area (Å²) in [6.07, 6.45) is 7.56. The molecule has 0 spiro atoms. The normalized spacial score (nSPS) is 17.0. The molecule has 0 radical (unpaired) electrons. The highest BCUT2D eigenvalue weighted by Crippen LogP contribution is 2.30. The van der Waals surface area contributed by atoms with E-state index in [2.05, 4.69) is 26.3 Å². The monoisotopic (exact) mass is 343 g/mol. The molecule has 6 heteroatoms. The molecule has 1 heterocycles. The third-order valence-corrected chi connectivity index (χ3v) is 3.84. The van der Waals surface area contributed by atoms with Gasteiger partial charge in [-0.3, -0.25) is 10.00 Å². The number of ether oxygens (including phenoxy) is 1. The molecule has 1 N–H and O–H groups in total. The van der Waals surface area contributed by atoms with Crippen LogP contribution in [0.5, 0.6) is 0 Å². The third kappa shape index (κ3) is 4.23. The molecule has 1 aromatic heterocycles. The number of anilines is 1. The highest BCUT2D eigenvalue weighted by atomic mass is 79.9. The Morgan fingerprint density at radius 3 is 2.65 bits per heavy atom. The summed E-state index contributed by atoms with van der Waals surface area (Å²) in [4.78, 5) is 11.8. The molecule has 1 aliphatic rings. The van der Waals surface area contributed by atoms with Gasteiger partial charge < -0.3 is 4.74 Å². The van der Waals surface area contributed by atoms with Crippen molar-refractivity contribution in [1.29, 1.82) is 0 Å². The zero-order chi connectivity index (χ0) is 14.8. The van der Waals surface area contributed by atoms with E-state index < -0.39 is 11.7 Å². The molecule has 1 amide bonds. The minimum absolute atomic E-state index is 0.439. The molecule has 2 rings (SSSR count). The van der Waals surface area contributed by atoms with Crippen LogP contribution in [0, 0.1) is 0 Å². The summed E-state index contributed by atoms with van der Waals surface area (Å²) in [6, 6.07) is 0.439. The number of aromatic nitrogens is 2. The first-order valence-corrected chi connectivity index (χ1v) is 7.89. The second-order valence-corrected chi connectivity index (χ2v) is 7.08. The van der Waals surface area contributed by atoms with Crippen LogP contribution in [-0.2, 0) is 4.74 Å². The number of nitrogens with one attached hydrogen (secondary N) is 1. The molecule has 0 bridgehead atoms. The van der Waals surface area contributed by atoms with Crippen LogP contribution in [0.3, 0.4) is 0 Å². The van der Waals surface area contributed by atoms with E-state index in [0.29, 0.717) is 11.9 Å². The molecule has 5 nitrogen and oxygen atoms in total. The molecule has 112 valence electrons. The Balaban J connectivity index is 2.02. The standard InChI is InChI=1S/C14H22BrN3O2/c1-14(2,3)20-13(19)16-12-11(15)9-18(17-12)10-7-5-4-6-8-10/h9-10H,4-8H2,1-3H3,(H,16,17,19). The average Bonchev–Trinajstić information content (AvgIpc) is 2.70. The molecule has 1 saturated carbocycles. The summed E-state index contributed by atoms with van der Waals surface area (Å²) < 4.78 is 7.97. The highest BCUT2D eigenvalue weighted by Gasteiger charge is 2.21. The van der Waals surface area contributed by atoms with Crippen LogP contribution in [0.2, 0.25) is 0 Å². The van der Waals surface area contributed by atoms with E-state index in [1.807, 2.05) is 31.6 Å². The number of carbonyl (C=O) groups excluding carboxylic acids is 1. The van der Waals surface area contributed by atoms with Gasteiger partial charge in [0.1, 0.15) is 5.60 Å². The summed E-state index contributed by atoms with van der Waals surface area (Å²) >= 11 is 3.44. The molecule has 1 fully saturated rings. The first kappa shape index (κ1) is 15.4. The van der Waals surface area contributed by atoms with Crippen molar-refractivity contribution >= 4 is 27.8 Å². The quantitative estimate of drug-likeness (QED) is 0.859. The Bertz CT molecular complexity index is 473. The predicted octanol–water partition coefficient (Wildman–Crippen LogP) is 4.50. The van der Waals surface area contributed by atoms with Gasteiger partial charge in [-0.15, -0.1) is 0 Å². The van der Waals surface area contributed by atoms with Crippen LogP contribution in [0.15, 0.2) is 10.7 Å². The maximum absolute atomic E-state index is 11.8. The Morgan fingerprint density at radius 1 is 1.40 bits per heavy atom. The molecular formula is C14H22BrN3O2. The second-order valence-electron chi connectivity index (χ2n) is 6.22. The fourth-order valence-corrected chi connectivity index (χ4v) is 2.78. The van der Waals surface area contributed by atoms with Gasteiger partial charge >= 0.3 is 6.09 Å². The molecule has 0 aliphatic heterocycles. The molecule has 1 aliphatic carbocycles. The number of hydrogen-bond donors (Lipinski definition) is 1. The number of halogens is 1. The number of nitrogens with zero attached hydrogens (tertiary/aromatic N) is 2. The van der Waals surface area contributed by atoms with Gasteiger partial charge in [0.15, 0.2) is 5.82 Å². The first-order valence-electron chi connectivity index (χ1n) is 7.10. The average molecular weight is 344 g/mol. The maximum Gasteiger partial charge on any atom is 0.413 e. The zero-order valence-corrected chi connectivity index (χ0v) is 13.9. The third-order valence-electron chi connectivity index (χ3n) is 3.26. The summed E-state index contributed by atoms with van der Waals surface area (Å²) in [6.45, 7) is 5.51. The Hall–Kier alpha value is -1.04. The van der Waals surface area contributed by atoms with Crippen molar-refractivity contribution < 1.29 is 9.53 Å². The van der Waals surface area contributed by atoms with Crippen molar-refractivity contribution in [2.75, 3.05) is 5.32 Å². The fraction of sp³-hybridized carbons (Fsp3) is 0.714. The van der Waals surface area contributed by atoms with Gasteiger partial charge in [-0.25, -0.2) is 4.79 Å². The molecule has 1 aromatic rings. The number of rotatable bonds is 2. The van der Waals surface area contributed by atoms with Gasteiger partial charge in [0.2, 0.25) is 0 Å². The lowest BCUT2D eigenvalue weighted by molar-refractivity contribution is 0.0635. The lowest BCUT2D eigenvalue weighted by Gasteiger charge is -2.21. The Kier molecular flexibility index (Phi) is 4.73. The van der Waals surface area contributed by atoms with Crippen LogP contribution >= 0.6 is 15.9 Å². The zero-order valence-electron chi connectivity index (χ0n) is 12.3. The van der Waals surface area contributed by atoms with E-state index in [1.165, 1.54) is 19.3 Å². The van der Waals surface area contributed by atoms with Crippen molar-refractivity contribution in [3.05, 3.63) is 10.7 Å². The van der Waals surface area contributed by atoms with Crippen LogP contribution < -0.4 is 5.32 Å². The molecule has 0 aromatic carbocycles. The molecule has 0 atom stereocenters. The molecule has 20 heavy (non-hydrogen) atoms. The lowest BCUT2D eigenvalue weighted by atomic mass is 9.96. The van der Waals surface area contributed by atoms with Gasteiger partial charge in [0.05, 0.1) is 10.5 Å². The van der Waals surface area contributed by atoms with Crippen molar-refractivity contribution in [3.8, 4) is 0 Å². The van der Waals surface area contributed by atoms with E-state index in [9.17, 15) is 4.79 Å². The fourth-order valence-electron chi connectivity index (χ4n) is 2.39.